The maximum atomic E-state index is 12.8. The number of carboxylic acids is 1. The number of urea groups is 1. The van der Waals surface area contributed by atoms with Crippen molar-refractivity contribution < 1.29 is 81.8 Å². The second-order valence-corrected chi connectivity index (χ2v) is 14.3. The average Bonchev–Trinajstić information content (AvgIpc) is 3.10. The van der Waals surface area contributed by atoms with Crippen LogP contribution < -0.4 is 29.0 Å². The van der Waals surface area contributed by atoms with Crippen molar-refractivity contribution in [2.24, 2.45) is 0 Å². The molecule has 0 radical (unpaired) electrons. The molecular formula is C29H22ClF6N7O13S2. The molecule has 0 atom stereocenters. The second kappa shape index (κ2) is 17.7. The number of carboxylic acid groups (broad SMARTS) is 1. The van der Waals surface area contributed by atoms with Crippen molar-refractivity contribution in [3.05, 3.63) is 92.1 Å². The van der Waals surface area contributed by atoms with Crippen molar-refractivity contribution in [2.75, 3.05) is 25.8 Å². The normalized spacial score (nSPS) is 11.6. The third-order valence-electron chi connectivity index (χ3n) is 6.36. The fourth-order valence-electron chi connectivity index (χ4n) is 3.96. The first-order chi connectivity index (χ1) is 26.6. The van der Waals surface area contributed by atoms with E-state index in [4.69, 9.17) is 30.9 Å². The number of carbonyl (C=O) groups excluding carboxylic acids is 2. The lowest BCUT2D eigenvalue weighted by Gasteiger charge is -2.12. The first-order valence-corrected chi connectivity index (χ1v) is 18.4. The predicted octanol–water partition coefficient (Wildman–Crippen LogP) is 4.86. The minimum absolute atomic E-state index is 0.0623. The summed E-state index contributed by atoms with van der Waals surface area (Å²) in [5.74, 6) is -4.16. The van der Waals surface area contributed by atoms with Gasteiger partial charge in [0, 0.05) is 12.1 Å². The number of nitro benzene ring substituents is 1. The highest BCUT2D eigenvalue weighted by atomic mass is 35.5. The number of anilines is 1. The zero-order chi connectivity index (χ0) is 44.0. The predicted molar refractivity (Wildman–Crippen MR) is 183 cm³/mol. The summed E-state index contributed by atoms with van der Waals surface area (Å²) in [7, 11) is -6.67. The summed E-state index contributed by atoms with van der Waals surface area (Å²) in [4.78, 5) is 55.6. The highest BCUT2D eigenvalue weighted by molar-refractivity contribution is 7.90. The number of benzene rings is 2. The second-order valence-electron chi connectivity index (χ2n) is 10.6. The van der Waals surface area contributed by atoms with Crippen LogP contribution in [0.1, 0.15) is 32.0 Å². The summed E-state index contributed by atoms with van der Waals surface area (Å²) < 4.78 is 141. The molecule has 58 heavy (non-hydrogen) atoms. The van der Waals surface area contributed by atoms with Gasteiger partial charge in [-0.15, -0.1) is 0 Å². The molecule has 29 heteroatoms. The van der Waals surface area contributed by atoms with E-state index in [1.165, 1.54) is 25.0 Å². The third-order valence-corrected chi connectivity index (χ3v) is 8.49. The highest BCUT2D eigenvalue weighted by Gasteiger charge is 2.36. The molecule has 3 amide bonds. The Morgan fingerprint density at radius 1 is 0.828 bits per heavy atom. The third kappa shape index (κ3) is 12.5. The molecule has 0 bridgehead atoms. The quantitative estimate of drug-likeness (QED) is 0.0888. The van der Waals surface area contributed by atoms with Crippen LogP contribution in [0.4, 0.5) is 42.8 Å². The van der Waals surface area contributed by atoms with Crippen LogP contribution in [0.2, 0.25) is 5.02 Å². The number of rotatable bonds is 11. The number of nitro groups is 1. The molecule has 0 saturated heterocycles. The van der Waals surface area contributed by atoms with Gasteiger partial charge in [-0.1, -0.05) is 11.6 Å². The minimum Gasteiger partial charge on any atom is -0.481 e. The summed E-state index contributed by atoms with van der Waals surface area (Å²) in [5.41, 5.74) is -5.10. The van der Waals surface area contributed by atoms with Gasteiger partial charge in [-0.3, -0.25) is 20.2 Å². The molecule has 312 valence electrons. The summed E-state index contributed by atoms with van der Waals surface area (Å²) in [6, 6.07) is 5.51. The van der Waals surface area contributed by atoms with Crippen LogP contribution in [0.15, 0.2) is 59.6 Å². The Hall–Kier alpha value is -6.55. The van der Waals surface area contributed by atoms with E-state index < -0.39 is 99.3 Å². The number of hydrogen-bond acceptors (Lipinski definition) is 15. The van der Waals surface area contributed by atoms with Gasteiger partial charge in [0.1, 0.15) is 22.8 Å². The zero-order valence-electron chi connectivity index (χ0n) is 28.8. The lowest BCUT2D eigenvalue weighted by atomic mass is 10.1. The molecule has 20 nitrogen and oxygen atoms in total. The Bertz CT molecular complexity index is 2470. The first-order valence-electron chi connectivity index (χ1n) is 14.6. The number of amides is 3. The van der Waals surface area contributed by atoms with Crippen molar-refractivity contribution in [3.63, 3.8) is 0 Å². The Morgan fingerprint density at radius 3 is 1.91 bits per heavy atom. The van der Waals surface area contributed by atoms with Gasteiger partial charge in [-0.2, -0.15) is 44.7 Å². The molecule has 0 fully saturated rings. The maximum absolute atomic E-state index is 12.8. The Kier molecular flexibility index (Phi) is 14.0. The fourth-order valence-corrected chi connectivity index (χ4v) is 5.68. The monoisotopic (exact) mass is 889 g/mol. The van der Waals surface area contributed by atoms with Crippen LogP contribution in [-0.2, 0) is 32.4 Å². The van der Waals surface area contributed by atoms with Crippen molar-refractivity contribution in [1.29, 1.82) is 0 Å². The molecule has 0 saturated carbocycles. The van der Waals surface area contributed by atoms with E-state index in [9.17, 15) is 67.7 Å². The molecule has 4 aromatic rings. The first kappa shape index (κ1) is 45.8. The average molecular weight is 890 g/mol. The summed E-state index contributed by atoms with van der Waals surface area (Å²) >= 11 is 5.76. The number of hydrogen-bond donors (Lipinski definition) is 4. The standard InChI is InChI=1S/C15H10ClF3N2O6S.C14H12F3N5O7S/c1-28(25,26)20-14(22)10-7-9(3-4-12(10)21(23)24)27-13-5-2-8(6-11(13)16)15(17,18)19;1-28-8-5-9(29-2)20-12(19-8)21-13(25)22-30(26,27)10-6(11(23)24)3-4-7(18-10)14(15,16)17/h2-7H,1H3,(H,20,22);3-5H,1-2H3,(H,23,24)(H2,19,20,21,22,25). The number of ether oxygens (including phenoxy) is 3. The van der Waals surface area contributed by atoms with Crippen LogP contribution in [-0.4, -0.2) is 80.2 Å². The number of alkyl halides is 6. The van der Waals surface area contributed by atoms with Crippen LogP contribution in [0.3, 0.4) is 0 Å². The van der Waals surface area contributed by atoms with E-state index >= 15 is 0 Å². The van der Waals surface area contributed by atoms with Gasteiger partial charge in [-0.25, -0.2) is 32.4 Å². The van der Waals surface area contributed by atoms with Gasteiger partial charge in [0.2, 0.25) is 27.7 Å². The number of aromatic carboxylic acids is 1. The molecule has 2 aromatic heterocycles. The molecular weight excluding hydrogens is 868 g/mol. The van der Waals surface area contributed by atoms with Crippen LogP contribution in [0.5, 0.6) is 23.3 Å². The molecule has 0 unspecified atom stereocenters. The summed E-state index contributed by atoms with van der Waals surface area (Å²) in [5, 5.41) is 20.1. The lowest BCUT2D eigenvalue weighted by Crippen LogP contribution is -2.36. The van der Waals surface area contributed by atoms with E-state index in [1.54, 1.807) is 4.72 Å². The molecule has 2 heterocycles. The zero-order valence-corrected chi connectivity index (χ0v) is 31.2. The van der Waals surface area contributed by atoms with E-state index in [0.717, 1.165) is 24.3 Å². The highest BCUT2D eigenvalue weighted by Crippen LogP contribution is 2.37. The molecule has 0 aliphatic heterocycles. The van der Waals surface area contributed by atoms with E-state index in [2.05, 4.69) is 15.0 Å². The molecule has 0 aliphatic carbocycles. The van der Waals surface area contributed by atoms with Gasteiger partial charge < -0.3 is 19.3 Å². The van der Waals surface area contributed by atoms with Gasteiger partial charge in [0.15, 0.2) is 5.03 Å². The van der Waals surface area contributed by atoms with Gasteiger partial charge in [0.25, 0.3) is 21.6 Å². The number of sulfonamides is 2. The number of carbonyl (C=O) groups is 3. The number of halogens is 7. The van der Waals surface area contributed by atoms with E-state index in [-0.39, 0.29) is 23.3 Å². The topological polar surface area (TPSA) is 285 Å². The van der Waals surface area contributed by atoms with Crippen molar-refractivity contribution in [1.82, 2.24) is 24.4 Å². The van der Waals surface area contributed by atoms with Crippen LogP contribution >= 0.6 is 11.6 Å². The number of nitrogens with one attached hydrogen (secondary N) is 3. The molecule has 4 N–H and O–H groups in total. The summed E-state index contributed by atoms with van der Waals surface area (Å²) in [6.07, 6.45) is -9.00. The smallest absolute Gasteiger partial charge is 0.433 e. The fraction of sp³-hybridized carbons (Fsp3) is 0.172. The maximum Gasteiger partial charge on any atom is 0.433 e. The molecule has 2 aromatic carbocycles. The van der Waals surface area contributed by atoms with E-state index in [1.807, 2.05) is 5.32 Å². The number of pyridine rings is 1. The van der Waals surface area contributed by atoms with Crippen molar-refractivity contribution in [2.45, 2.75) is 17.4 Å². The number of methoxy groups -OCH3 is 2. The Labute approximate surface area is 325 Å². The molecule has 0 aliphatic rings. The van der Waals surface area contributed by atoms with E-state index in [0.29, 0.717) is 30.5 Å². The van der Waals surface area contributed by atoms with Gasteiger partial charge >= 0.3 is 24.4 Å². The Morgan fingerprint density at radius 2 is 1.43 bits per heavy atom. The van der Waals surface area contributed by atoms with Crippen molar-refractivity contribution >= 4 is 61.2 Å². The van der Waals surface area contributed by atoms with Crippen LogP contribution in [0.25, 0.3) is 0 Å². The lowest BCUT2D eigenvalue weighted by molar-refractivity contribution is -0.385. The van der Waals surface area contributed by atoms with Crippen molar-refractivity contribution in [3.8, 4) is 23.3 Å². The molecule has 4 rings (SSSR count). The minimum atomic E-state index is -5.14. The number of aromatic nitrogens is 3. The largest absolute Gasteiger partial charge is 0.481 e. The SMILES string of the molecule is COc1cc(OC)nc(NC(=O)NS(=O)(=O)c2nc(C(F)(F)F)ccc2C(=O)O)n1.CS(=O)(=O)NC(=O)c1cc(Oc2ccc(C(F)(F)F)cc2Cl)ccc1[N+](=O)[O-]. The van der Waals surface area contributed by atoms with Crippen LogP contribution in [0, 0.1) is 10.1 Å². The van der Waals surface area contributed by atoms with Gasteiger partial charge in [-0.05, 0) is 36.4 Å². The Balaban J connectivity index is 0.000000311. The summed E-state index contributed by atoms with van der Waals surface area (Å²) in [6.45, 7) is 0. The molecule has 0 spiro atoms. The number of nitrogens with zero attached hydrogens (tertiary/aromatic N) is 4. The van der Waals surface area contributed by atoms with Gasteiger partial charge in [0.05, 0.1) is 47.6 Å².